The van der Waals surface area contributed by atoms with Gasteiger partial charge in [0.25, 0.3) is 0 Å². The molecule has 0 unspecified atom stereocenters. The second-order valence-corrected chi connectivity index (χ2v) is 16.2. The normalized spacial score (nSPS) is 16.9. The van der Waals surface area contributed by atoms with Crippen LogP contribution >= 0.6 is 11.3 Å². The fourth-order valence-electron chi connectivity index (χ4n) is 7.85. The van der Waals surface area contributed by atoms with Crippen molar-refractivity contribution in [2.45, 2.75) is 58.2 Å². The van der Waals surface area contributed by atoms with E-state index < -0.39 is 18.3 Å². The predicted octanol–water partition coefficient (Wildman–Crippen LogP) is 11.8. The van der Waals surface area contributed by atoms with E-state index in [1.807, 2.05) is 11.3 Å². The number of hydrogen-bond acceptors (Lipinski definition) is 4. The van der Waals surface area contributed by atoms with E-state index >= 15 is 0 Å². The summed E-state index contributed by atoms with van der Waals surface area (Å²) >= 11 is 1.83. The average Bonchev–Trinajstić information content (AvgIpc) is 3.69. The quantitative estimate of drug-likeness (QED) is 0.170. The van der Waals surface area contributed by atoms with Crippen LogP contribution < -0.4 is 10.4 Å². The van der Waals surface area contributed by atoms with Gasteiger partial charge in [0.05, 0.1) is 21.6 Å². The molecule has 2 heterocycles. The van der Waals surface area contributed by atoms with Crippen LogP contribution in [-0.4, -0.2) is 18.3 Å². The van der Waals surface area contributed by atoms with Crippen molar-refractivity contribution in [1.82, 2.24) is 0 Å². The molecule has 9 rings (SSSR count). The lowest BCUT2D eigenvalue weighted by Crippen LogP contribution is -2.41. The second kappa shape index (κ2) is 11.2. The summed E-state index contributed by atoms with van der Waals surface area (Å²) in [6, 6.07) is 48.8. The molecule has 0 bridgehead atoms. The molecular weight excluding hydrogens is 629 g/mol. The van der Waals surface area contributed by atoms with E-state index in [1.165, 1.54) is 53.6 Å². The SMILES string of the molecule is CC1(C)c2ccccc2-c2ccc(N(c3ccc(-c4ccccc4)cc3)c3cccc4c3sc3c(B5OC(C)(C)C(C)(C)O5)cccc34)cc21. The third-order valence-corrected chi connectivity index (χ3v) is 12.6. The van der Waals surface area contributed by atoms with Gasteiger partial charge in [-0.15, -0.1) is 11.3 Å². The molecule has 0 atom stereocenters. The largest absolute Gasteiger partial charge is 0.496 e. The number of anilines is 3. The Labute approximate surface area is 299 Å². The number of nitrogens with zero attached hydrogens (tertiary/aromatic N) is 1. The van der Waals surface area contributed by atoms with Crippen LogP contribution in [0.2, 0.25) is 0 Å². The fourth-order valence-corrected chi connectivity index (χ4v) is 9.18. The van der Waals surface area contributed by atoms with Crippen molar-refractivity contribution in [2.24, 2.45) is 0 Å². The minimum atomic E-state index is -0.428. The van der Waals surface area contributed by atoms with Gasteiger partial charge in [0.15, 0.2) is 0 Å². The van der Waals surface area contributed by atoms with Gasteiger partial charge in [-0.05, 0) is 91.4 Å². The molecule has 1 aliphatic heterocycles. The molecule has 0 radical (unpaired) electrons. The van der Waals surface area contributed by atoms with Crippen molar-refractivity contribution < 1.29 is 9.31 Å². The first-order valence-corrected chi connectivity index (χ1v) is 18.3. The first kappa shape index (κ1) is 31.3. The summed E-state index contributed by atoms with van der Waals surface area (Å²) < 4.78 is 15.6. The Hall–Kier alpha value is -4.68. The maximum Gasteiger partial charge on any atom is 0.496 e. The van der Waals surface area contributed by atoms with Gasteiger partial charge in [-0.3, -0.25) is 0 Å². The van der Waals surface area contributed by atoms with Crippen LogP contribution in [0.5, 0.6) is 0 Å². The van der Waals surface area contributed by atoms with Crippen LogP contribution in [-0.2, 0) is 14.7 Å². The molecule has 3 nitrogen and oxygen atoms in total. The van der Waals surface area contributed by atoms with Crippen molar-refractivity contribution in [3.05, 3.63) is 145 Å². The smallest absolute Gasteiger partial charge is 0.399 e. The predicted molar refractivity (Wildman–Crippen MR) is 213 cm³/mol. The molecule has 0 saturated carbocycles. The van der Waals surface area contributed by atoms with Gasteiger partial charge in [-0.1, -0.05) is 117 Å². The number of benzene rings is 6. The molecule has 50 heavy (non-hydrogen) atoms. The summed E-state index contributed by atoms with van der Waals surface area (Å²) in [4.78, 5) is 2.44. The maximum atomic E-state index is 6.58. The summed E-state index contributed by atoms with van der Waals surface area (Å²) in [5.41, 5.74) is 11.4. The van der Waals surface area contributed by atoms with Crippen molar-refractivity contribution >= 4 is 61.2 Å². The van der Waals surface area contributed by atoms with Gasteiger partial charge in [0.2, 0.25) is 0 Å². The van der Waals surface area contributed by atoms with Crippen LogP contribution in [0.15, 0.2) is 133 Å². The molecule has 0 amide bonds. The summed E-state index contributed by atoms with van der Waals surface area (Å²) in [6.45, 7) is 13.2. The number of fused-ring (bicyclic) bond motifs is 6. The van der Waals surface area contributed by atoms with Gasteiger partial charge in [0.1, 0.15) is 0 Å². The molecule has 2 aliphatic rings. The van der Waals surface area contributed by atoms with E-state index in [9.17, 15) is 0 Å². The van der Waals surface area contributed by atoms with Gasteiger partial charge in [0, 0.05) is 37.7 Å². The zero-order valence-electron chi connectivity index (χ0n) is 29.5. The van der Waals surface area contributed by atoms with Crippen LogP contribution in [0.25, 0.3) is 42.4 Å². The number of rotatable bonds is 5. The van der Waals surface area contributed by atoms with E-state index in [0.29, 0.717) is 0 Å². The van der Waals surface area contributed by atoms with Crippen molar-refractivity contribution in [1.29, 1.82) is 0 Å². The lowest BCUT2D eigenvalue weighted by molar-refractivity contribution is 0.00578. The molecule has 1 saturated heterocycles. The van der Waals surface area contributed by atoms with Crippen molar-refractivity contribution in [2.75, 3.05) is 4.90 Å². The van der Waals surface area contributed by atoms with E-state index in [1.54, 1.807) is 0 Å². The Morgan fingerprint density at radius 2 is 1.12 bits per heavy atom. The summed E-state index contributed by atoms with van der Waals surface area (Å²) in [7, 11) is -0.428. The van der Waals surface area contributed by atoms with Gasteiger partial charge >= 0.3 is 7.12 Å². The Balaban J connectivity index is 1.24. The van der Waals surface area contributed by atoms with Crippen LogP contribution in [0.3, 0.4) is 0 Å². The summed E-state index contributed by atoms with van der Waals surface area (Å²) in [6.07, 6.45) is 0. The standard InChI is InChI=1S/C45H40BNO2S/c1-43(2)37-19-11-10-16-33(37)34-27-26-32(28-38(34)43)47(31-24-22-30(23-25-31)29-14-8-7-9-15-29)40-21-13-18-36-35-17-12-20-39(41(35)50-42(36)40)46-48-44(3,4)45(5,6)49-46/h7-28H,1-6H3. The molecule has 1 fully saturated rings. The topological polar surface area (TPSA) is 21.7 Å². The molecule has 0 N–H and O–H groups in total. The Morgan fingerprint density at radius 1 is 0.520 bits per heavy atom. The van der Waals surface area contributed by atoms with E-state index in [-0.39, 0.29) is 5.41 Å². The van der Waals surface area contributed by atoms with Crippen molar-refractivity contribution in [3.63, 3.8) is 0 Å². The highest BCUT2D eigenvalue weighted by Crippen LogP contribution is 2.52. The third-order valence-electron chi connectivity index (χ3n) is 11.3. The molecule has 246 valence electrons. The molecule has 1 aromatic heterocycles. The Kier molecular flexibility index (Phi) is 6.99. The molecule has 0 spiro atoms. The minimum absolute atomic E-state index is 0.105. The number of thiophene rings is 1. The van der Waals surface area contributed by atoms with E-state index in [0.717, 1.165) is 22.5 Å². The molecule has 1 aliphatic carbocycles. The second-order valence-electron chi connectivity index (χ2n) is 15.2. The van der Waals surface area contributed by atoms with Crippen molar-refractivity contribution in [3.8, 4) is 22.3 Å². The maximum absolute atomic E-state index is 6.58. The molecule has 5 heteroatoms. The highest BCUT2D eigenvalue weighted by atomic mass is 32.1. The van der Waals surface area contributed by atoms with E-state index in [2.05, 4.69) is 180 Å². The van der Waals surface area contributed by atoms with Crippen LogP contribution in [0.4, 0.5) is 17.1 Å². The summed E-state index contributed by atoms with van der Waals surface area (Å²) in [5, 5.41) is 2.46. The van der Waals surface area contributed by atoms with Crippen LogP contribution in [0.1, 0.15) is 52.7 Å². The first-order chi connectivity index (χ1) is 24.0. The molecule has 7 aromatic rings. The zero-order chi connectivity index (χ0) is 34.4. The van der Waals surface area contributed by atoms with E-state index in [4.69, 9.17) is 9.31 Å². The highest BCUT2D eigenvalue weighted by molar-refractivity contribution is 7.27. The zero-order valence-corrected chi connectivity index (χ0v) is 30.3. The Bertz CT molecular complexity index is 2410. The van der Waals surface area contributed by atoms with Gasteiger partial charge in [-0.2, -0.15) is 0 Å². The van der Waals surface area contributed by atoms with Gasteiger partial charge < -0.3 is 14.2 Å². The highest BCUT2D eigenvalue weighted by Gasteiger charge is 2.52. The third kappa shape index (κ3) is 4.71. The van der Waals surface area contributed by atoms with Crippen LogP contribution in [0, 0.1) is 0 Å². The Morgan fingerprint density at radius 3 is 1.86 bits per heavy atom. The average molecular weight is 670 g/mol. The lowest BCUT2D eigenvalue weighted by atomic mass is 9.78. The molecule has 6 aromatic carbocycles. The summed E-state index contributed by atoms with van der Waals surface area (Å²) in [5.74, 6) is 0. The first-order valence-electron chi connectivity index (χ1n) is 17.5. The minimum Gasteiger partial charge on any atom is -0.399 e. The van der Waals surface area contributed by atoms with Gasteiger partial charge in [-0.25, -0.2) is 0 Å². The fraction of sp³-hybridized carbons (Fsp3) is 0.200. The number of hydrogen-bond donors (Lipinski definition) is 0. The molecular formula is C45H40BNO2S. The lowest BCUT2D eigenvalue weighted by Gasteiger charge is -2.32. The monoisotopic (exact) mass is 669 g/mol.